The SMILES string of the molecule is NCc1cccc(N2CCC(N)C2)n1. The van der Waals surface area contributed by atoms with Gasteiger partial charge in [-0.15, -0.1) is 0 Å². The Balaban J connectivity index is 2.15. The maximum Gasteiger partial charge on any atom is 0.128 e. The number of aromatic nitrogens is 1. The number of anilines is 1. The molecule has 2 heterocycles. The molecule has 1 fully saturated rings. The Labute approximate surface area is 83.9 Å². The Morgan fingerprint density at radius 2 is 2.36 bits per heavy atom. The summed E-state index contributed by atoms with van der Waals surface area (Å²) in [6, 6.07) is 6.24. The molecule has 1 aliphatic heterocycles. The van der Waals surface area contributed by atoms with Gasteiger partial charge in [0.15, 0.2) is 0 Å². The van der Waals surface area contributed by atoms with E-state index >= 15 is 0 Å². The zero-order chi connectivity index (χ0) is 9.97. The Hall–Kier alpha value is -1.13. The van der Waals surface area contributed by atoms with Crippen molar-refractivity contribution >= 4 is 5.82 Å². The van der Waals surface area contributed by atoms with Crippen LogP contribution in [0.2, 0.25) is 0 Å². The summed E-state index contributed by atoms with van der Waals surface area (Å²) < 4.78 is 0. The van der Waals surface area contributed by atoms with Crippen molar-refractivity contribution in [2.45, 2.75) is 19.0 Å². The summed E-state index contributed by atoms with van der Waals surface area (Å²) in [6.45, 7) is 2.40. The summed E-state index contributed by atoms with van der Waals surface area (Å²) in [5.41, 5.74) is 12.3. The highest BCUT2D eigenvalue weighted by atomic mass is 15.2. The Kier molecular flexibility index (Phi) is 2.65. The molecule has 1 unspecified atom stereocenters. The lowest BCUT2D eigenvalue weighted by molar-refractivity contribution is 0.751. The van der Waals surface area contributed by atoms with Gasteiger partial charge >= 0.3 is 0 Å². The van der Waals surface area contributed by atoms with Crippen molar-refractivity contribution in [2.75, 3.05) is 18.0 Å². The summed E-state index contributed by atoms with van der Waals surface area (Å²) in [5, 5.41) is 0. The molecule has 1 aromatic heterocycles. The van der Waals surface area contributed by atoms with Crippen molar-refractivity contribution in [1.82, 2.24) is 4.98 Å². The van der Waals surface area contributed by atoms with E-state index in [4.69, 9.17) is 11.5 Å². The number of hydrogen-bond donors (Lipinski definition) is 2. The molecule has 0 radical (unpaired) electrons. The van der Waals surface area contributed by atoms with Crippen LogP contribution in [0, 0.1) is 0 Å². The average Bonchev–Trinajstić information content (AvgIpc) is 2.65. The smallest absolute Gasteiger partial charge is 0.128 e. The molecule has 0 spiro atoms. The Morgan fingerprint density at radius 1 is 1.50 bits per heavy atom. The van der Waals surface area contributed by atoms with E-state index in [1.165, 1.54) is 0 Å². The highest BCUT2D eigenvalue weighted by Gasteiger charge is 2.19. The molecule has 4 N–H and O–H groups in total. The molecule has 4 nitrogen and oxygen atoms in total. The first-order chi connectivity index (χ1) is 6.79. The fourth-order valence-corrected chi connectivity index (χ4v) is 1.75. The van der Waals surface area contributed by atoms with Gasteiger partial charge in [-0.1, -0.05) is 6.07 Å². The van der Waals surface area contributed by atoms with E-state index < -0.39 is 0 Å². The molecule has 0 aromatic carbocycles. The van der Waals surface area contributed by atoms with E-state index in [-0.39, 0.29) is 0 Å². The van der Waals surface area contributed by atoms with Gasteiger partial charge in [0.2, 0.25) is 0 Å². The first-order valence-electron chi connectivity index (χ1n) is 4.96. The van der Waals surface area contributed by atoms with E-state index in [9.17, 15) is 0 Å². The lowest BCUT2D eigenvalue weighted by Crippen LogP contribution is -2.27. The van der Waals surface area contributed by atoms with Crippen LogP contribution in [0.4, 0.5) is 5.82 Å². The maximum atomic E-state index is 5.84. The molecule has 1 aliphatic rings. The number of pyridine rings is 1. The predicted octanol–water partition coefficient (Wildman–Crippen LogP) is 0.0777. The van der Waals surface area contributed by atoms with Crippen molar-refractivity contribution in [3.8, 4) is 0 Å². The van der Waals surface area contributed by atoms with Gasteiger partial charge < -0.3 is 16.4 Å². The summed E-state index contributed by atoms with van der Waals surface area (Å²) in [7, 11) is 0. The lowest BCUT2D eigenvalue weighted by Gasteiger charge is -2.17. The molecule has 0 saturated carbocycles. The minimum Gasteiger partial charge on any atom is -0.355 e. The molecule has 4 heteroatoms. The molecule has 14 heavy (non-hydrogen) atoms. The molecular formula is C10H16N4. The van der Waals surface area contributed by atoms with Gasteiger partial charge in [-0.3, -0.25) is 0 Å². The average molecular weight is 192 g/mol. The third kappa shape index (κ3) is 1.86. The number of rotatable bonds is 2. The largest absolute Gasteiger partial charge is 0.355 e. The summed E-state index contributed by atoms with van der Waals surface area (Å²) in [5.74, 6) is 1.00. The number of nitrogens with zero attached hydrogens (tertiary/aromatic N) is 2. The fourth-order valence-electron chi connectivity index (χ4n) is 1.75. The number of hydrogen-bond acceptors (Lipinski definition) is 4. The minimum absolute atomic E-state index is 0.290. The van der Waals surface area contributed by atoms with Crippen molar-refractivity contribution < 1.29 is 0 Å². The van der Waals surface area contributed by atoms with Crippen LogP contribution in [0.5, 0.6) is 0 Å². The summed E-state index contributed by atoms with van der Waals surface area (Å²) in [4.78, 5) is 6.67. The van der Waals surface area contributed by atoms with Gasteiger partial charge in [-0.05, 0) is 18.6 Å². The molecule has 1 atom stereocenters. The first kappa shape index (κ1) is 9.43. The number of nitrogens with two attached hydrogens (primary N) is 2. The topological polar surface area (TPSA) is 68.2 Å². The fraction of sp³-hybridized carbons (Fsp3) is 0.500. The van der Waals surface area contributed by atoms with E-state index in [0.717, 1.165) is 31.0 Å². The molecule has 2 rings (SSSR count). The highest BCUT2D eigenvalue weighted by Crippen LogP contribution is 2.17. The monoisotopic (exact) mass is 192 g/mol. The summed E-state index contributed by atoms with van der Waals surface area (Å²) in [6.07, 6.45) is 1.05. The van der Waals surface area contributed by atoms with Crippen LogP contribution >= 0.6 is 0 Å². The van der Waals surface area contributed by atoms with Crippen LogP contribution in [-0.4, -0.2) is 24.1 Å². The van der Waals surface area contributed by atoms with Crippen LogP contribution < -0.4 is 16.4 Å². The maximum absolute atomic E-state index is 5.84. The zero-order valence-electron chi connectivity index (χ0n) is 8.19. The second kappa shape index (κ2) is 3.94. The first-order valence-corrected chi connectivity index (χ1v) is 4.96. The molecule has 76 valence electrons. The van der Waals surface area contributed by atoms with Gasteiger partial charge in [0, 0.05) is 25.7 Å². The van der Waals surface area contributed by atoms with Gasteiger partial charge in [-0.25, -0.2) is 4.98 Å². The van der Waals surface area contributed by atoms with E-state index in [2.05, 4.69) is 9.88 Å². The molecule has 0 amide bonds. The second-order valence-corrected chi connectivity index (χ2v) is 3.69. The summed E-state index contributed by atoms with van der Waals surface area (Å²) >= 11 is 0. The molecule has 0 aliphatic carbocycles. The zero-order valence-corrected chi connectivity index (χ0v) is 8.19. The van der Waals surface area contributed by atoms with Gasteiger partial charge in [0.1, 0.15) is 5.82 Å². The van der Waals surface area contributed by atoms with Crippen molar-refractivity contribution in [1.29, 1.82) is 0 Å². The third-order valence-corrected chi connectivity index (χ3v) is 2.55. The predicted molar refractivity (Wildman–Crippen MR) is 56.9 cm³/mol. The standard InChI is InChI=1S/C10H16N4/c11-6-9-2-1-3-10(13-9)14-5-4-8(12)7-14/h1-3,8H,4-7,11-12H2. The molecular weight excluding hydrogens is 176 g/mol. The van der Waals surface area contributed by atoms with E-state index in [1.807, 2.05) is 18.2 Å². The van der Waals surface area contributed by atoms with Crippen molar-refractivity contribution in [3.63, 3.8) is 0 Å². The van der Waals surface area contributed by atoms with Crippen LogP contribution in [-0.2, 0) is 6.54 Å². The third-order valence-electron chi connectivity index (χ3n) is 2.55. The quantitative estimate of drug-likeness (QED) is 0.696. The molecule has 1 aromatic rings. The van der Waals surface area contributed by atoms with Gasteiger partial charge in [-0.2, -0.15) is 0 Å². The van der Waals surface area contributed by atoms with Crippen molar-refractivity contribution in [3.05, 3.63) is 23.9 Å². The van der Waals surface area contributed by atoms with E-state index in [1.54, 1.807) is 0 Å². The lowest BCUT2D eigenvalue weighted by atomic mass is 10.3. The van der Waals surface area contributed by atoms with Crippen LogP contribution in [0.15, 0.2) is 18.2 Å². The molecule has 1 saturated heterocycles. The van der Waals surface area contributed by atoms with Gasteiger partial charge in [0.25, 0.3) is 0 Å². The highest BCUT2D eigenvalue weighted by molar-refractivity contribution is 5.40. The Morgan fingerprint density at radius 3 is 3.00 bits per heavy atom. The molecule has 0 bridgehead atoms. The minimum atomic E-state index is 0.290. The van der Waals surface area contributed by atoms with Crippen LogP contribution in [0.3, 0.4) is 0 Å². The van der Waals surface area contributed by atoms with Crippen LogP contribution in [0.25, 0.3) is 0 Å². The Bertz CT molecular complexity index is 313. The second-order valence-electron chi connectivity index (χ2n) is 3.69. The normalized spacial score (nSPS) is 21.6. The van der Waals surface area contributed by atoms with Crippen molar-refractivity contribution in [2.24, 2.45) is 11.5 Å². The van der Waals surface area contributed by atoms with Gasteiger partial charge in [0.05, 0.1) is 5.69 Å². The van der Waals surface area contributed by atoms with Crippen LogP contribution in [0.1, 0.15) is 12.1 Å². The van der Waals surface area contributed by atoms with E-state index in [0.29, 0.717) is 12.6 Å².